The summed E-state index contributed by atoms with van der Waals surface area (Å²) in [6.07, 6.45) is 83.4. The molecular formula is C73H138O6. The van der Waals surface area contributed by atoms with Crippen molar-refractivity contribution in [1.29, 1.82) is 0 Å². The molecule has 0 aliphatic carbocycles. The number of allylic oxidation sites excluding steroid dienone is 4. The summed E-state index contributed by atoms with van der Waals surface area (Å²) in [4.78, 5) is 38.5. The van der Waals surface area contributed by atoms with Crippen LogP contribution in [0.3, 0.4) is 0 Å². The van der Waals surface area contributed by atoms with Crippen molar-refractivity contribution in [2.24, 2.45) is 0 Å². The summed E-state index contributed by atoms with van der Waals surface area (Å²) in [6, 6.07) is 0. The first kappa shape index (κ1) is 76.9. The normalized spacial score (nSPS) is 12.1. The maximum Gasteiger partial charge on any atom is 0.306 e. The zero-order valence-electron chi connectivity index (χ0n) is 53.7. The van der Waals surface area contributed by atoms with Crippen LogP contribution in [0.25, 0.3) is 0 Å². The van der Waals surface area contributed by atoms with Crippen LogP contribution in [0.15, 0.2) is 24.3 Å². The summed E-state index contributed by atoms with van der Waals surface area (Å²) in [6.45, 7) is 6.72. The molecule has 0 heterocycles. The lowest BCUT2D eigenvalue weighted by Gasteiger charge is -2.18. The molecule has 1 atom stereocenters. The van der Waals surface area contributed by atoms with E-state index in [2.05, 4.69) is 45.1 Å². The van der Waals surface area contributed by atoms with Crippen LogP contribution in [-0.4, -0.2) is 37.2 Å². The highest BCUT2D eigenvalue weighted by molar-refractivity contribution is 5.71. The van der Waals surface area contributed by atoms with Crippen LogP contribution in [0.2, 0.25) is 0 Å². The molecular weight excluding hydrogens is 973 g/mol. The Hall–Kier alpha value is -2.11. The molecule has 0 aromatic rings. The van der Waals surface area contributed by atoms with Crippen LogP contribution in [0, 0.1) is 0 Å². The second-order valence-electron chi connectivity index (χ2n) is 24.5. The molecule has 0 N–H and O–H groups in total. The SMILES string of the molecule is CCCCCCCC/C=C\CCCCCCCCCCCCCC(=O)OC[C@H](COC(=O)CCCCCCCCCCCCCCCCCCCCC)OC(=O)CCCCCCCCCCCCC/C=C\CCCCCCCC. The second kappa shape index (κ2) is 68.4. The summed E-state index contributed by atoms with van der Waals surface area (Å²) < 4.78 is 17.0. The predicted molar refractivity (Wildman–Crippen MR) is 344 cm³/mol. The summed E-state index contributed by atoms with van der Waals surface area (Å²) in [5, 5.41) is 0. The van der Waals surface area contributed by atoms with Gasteiger partial charge in [0.25, 0.3) is 0 Å². The van der Waals surface area contributed by atoms with E-state index in [1.54, 1.807) is 0 Å². The van der Waals surface area contributed by atoms with Gasteiger partial charge in [0.2, 0.25) is 0 Å². The van der Waals surface area contributed by atoms with E-state index >= 15 is 0 Å². The van der Waals surface area contributed by atoms with Crippen LogP contribution in [-0.2, 0) is 28.6 Å². The quantitative estimate of drug-likeness (QED) is 0.0261. The molecule has 79 heavy (non-hydrogen) atoms. The van der Waals surface area contributed by atoms with Gasteiger partial charge in [-0.05, 0) is 70.6 Å². The summed E-state index contributed by atoms with van der Waals surface area (Å²) >= 11 is 0. The van der Waals surface area contributed by atoms with Crippen molar-refractivity contribution in [3.63, 3.8) is 0 Å². The van der Waals surface area contributed by atoms with Crippen LogP contribution in [0.5, 0.6) is 0 Å². The van der Waals surface area contributed by atoms with Crippen molar-refractivity contribution in [2.45, 2.75) is 412 Å². The molecule has 0 aromatic heterocycles. The molecule has 0 radical (unpaired) electrons. The molecule has 466 valence electrons. The van der Waals surface area contributed by atoms with Gasteiger partial charge in [0, 0.05) is 19.3 Å². The first-order valence-corrected chi connectivity index (χ1v) is 35.8. The minimum Gasteiger partial charge on any atom is -0.462 e. The molecule has 0 aliphatic rings. The van der Waals surface area contributed by atoms with Crippen LogP contribution in [0.1, 0.15) is 406 Å². The van der Waals surface area contributed by atoms with Gasteiger partial charge in [-0.1, -0.05) is 340 Å². The van der Waals surface area contributed by atoms with Gasteiger partial charge in [0.1, 0.15) is 13.2 Å². The van der Waals surface area contributed by atoms with E-state index in [-0.39, 0.29) is 31.1 Å². The number of esters is 3. The number of carbonyl (C=O) groups excluding carboxylic acids is 3. The van der Waals surface area contributed by atoms with Gasteiger partial charge < -0.3 is 14.2 Å². The number of rotatable bonds is 67. The second-order valence-corrected chi connectivity index (χ2v) is 24.5. The third kappa shape index (κ3) is 66.6. The lowest BCUT2D eigenvalue weighted by Crippen LogP contribution is -2.30. The predicted octanol–water partition coefficient (Wildman–Crippen LogP) is 24.6. The van der Waals surface area contributed by atoms with Crippen LogP contribution in [0.4, 0.5) is 0 Å². The van der Waals surface area contributed by atoms with Crippen molar-refractivity contribution in [1.82, 2.24) is 0 Å². The molecule has 0 fully saturated rings. The monoisotopic (exact) mass is 1110 g/mol. The Labute approximate surface area is 493 Å². The topological polar surface area (TPSA) is 78.9 Å². The summed E-state index contributed by atoms with van der Waals surface area (Å²) in [7, 11) is 0. The average Bonchev–Trinajstić information content (AvgIpc) is 3.45. The fourth-order valence-electron chi connectivity index (χ4n) is 11.0. The molecule has 0 amide bonds. The van der Waals surface area contributed by atoms with Gasteiger partial charge in [-0.25, -0.2) is 0 Å². The summed E-state index contributed by atoms with van der Waals surface area (Å²) in [5.41, 5.74) is 0. The highest BCUT2D eigenvalue weighted by Gasteiger charge is 2.19. The molecule has 6 heteroatoms. The van der Waals surface area contributed by atoms with Gasteiger partial charge in [-0.3, -0.25) is 14.4 Å². The highest BCUT2D eigenvalue weighted by atomic mass is 16.6. The van der Waals surface area contributed by atoms with Crippen molar-refractivity contribution >= 4 is 17.9 Å². The Morgan fingerprint density at radius 1 is 0.241 bits per heavy atom. The van der Waals surface area contributed by atoms with E-state index in [1.807, 2.05) is 0 Å². The van der Waals surface area contributed by atoms with Crippen molar-refractivity contribution in [2.75, 3.05) is 13.2 Å². The third-order valence-electron chi connectivity index (χ3n) is 16.4. The lowest BCUT2D eigenvalue weighted by molar-refractivity contribution is -0.167. The first-order valence-electron chi connectivity index (χ1n) is 35.8. The zero-order chi connectivity index (χ0) is 57.1. The van der Waals surface area contributed by atoms with Crippen molar-refractivity contribution in [3.05, 3.63) is 24.3 Å². The van der Waals surface area contributed by atoms with Gasteiger partial charge >= 0.3 is 17.9 Å². The highest BCUT2D eigenvalue weighted by Crippen LogP contribution is 2.19. The fourth-order valence-corrected chi connectivity index (χ4v) is 11.0. The van der Waals surface area contributed by atoms with E-state index in [9.17, 15) is 14.4 Å². The van der Waals surface area contributed by atoms with E-state index in [1.165, 1.54) is 308 Å². The minimum atomic E-state index is -0.770. The van der Waals surface area contributed by atoms with E-state index < -0.39 is 6.10 Å². The molecule has 0 aliphatic heterocycles. The van der Waals surface area contributed by atoms with Crippen LogP contribution >= 0.6 is 0 Å². The minimum absolute atomic E-state index is 0.0654. The molecule has 0 aromatic carbocycles. The Bertz CT molecular complexity index is 1270. The number of hydrogen-bond donors (Lipinski definition) is 0. The Morgan fingerprint density at radius 2 is 0.418 bits per heavy atom. The standard InChI is InChI=1S/C73H138O6/c1-4-7-10-13-16-19-22-25-28-31-34-36-39-42-45-48-51-54-57-60-63-66-72(75)78-69-70(68-77-71(74)65-62-59-56-53-50-47-44-41-38-33-30-27-24-21-18-15-12-9-6-3)79-73(76)67-64-61-58-55-52-49-46-43-40-37-35-32-29-26-23-20-17-14-11-8-5-2/h25-26,28-29,70H,4-24,27,30-69H2,1-3H3/b28-25-,29-26-/t70-/m0/s1. The lowest BCUT2D eigenvalue weighted by atomic mass is 10.0. The molecule has 0 spiro atoms. The number of hydrogen-bond acceptors (Lipinski definition) is 6. The largest absolute Gasteiger partial charge is 0.462 e. The van der Waals surface area contributed by atoms with Crippen molar-refractivity contribution < 1.29 is 28.6 Å². The van der Waals surface area contributed by atoms with Gasteiger partial charge in [0.15, 0.2) is 6.10 Å². The molecule has 6 nitrogen and oxygen atoms in total. The number of ether oxygens (including phenoxy) is 3. The van der Waals surface area contributed by atoms with Gasteiger partial charge in [-0.15, -0.1) is 0 Å². The third-order valence-corrected chi connectivity index (χ3v) is 16.4. The van der Waals surface area contributed by atoms with Gasteiger partial charge in [-0.2, -0.15) is 0 Å². The summed E-state index contributed by atoms with van der Waals surface area (Å²) in [5.74, 6) is -0.833. The first-order chi connectivity index (χ1) is 39.0. The maximum absolute atomic E-state index is 13.0. The molecule has 0 saturated heterocycles. The van der Waals surface area contributed by atoms with Crippen LogP contribution < -0.4 is 0 Å². The smallest absolute Gasteiger partial charge is 0.306 e. The number of unbranched alkanes of at least 4 members (excludes halogenated alkanes) is 52. The Morgan fingerprint density at radius 3 is 0.633 bits per heavy atom. The molecule has 0 rings (SSSR count). The van der Waals surface area contributed by atoms with E-state index in [0.29, 0.717) is 19.3 Å². The Kier molecular flexibility index (Phi) is 66.6. The number of carbonyl (C=O) groups is 3. The van der Waals surface area contributed by atoms with Crippen molar-refractivity contribution in [3.8, 4) is 0 Å². The fraction of sp³-hybridized carbons (Fsp3) is 0.904. The van der Waals surface area contributed by atoms with E-state index in [0.717, 1.165) is 57.8 Å². The van der Waals surface area contributed by atoms with Gasteiger partial charge in [0.05, 0.1) is 0 Å². The molecule has 0 unspecified atom stereocenters. The molecule has 0 saturated carbocycles. The Balaban J connectivity index is 4.30. The zero-order valence-corrected chi connectivity index (χ0v) is 53.7. The molecule has 0 bridgehead atoms. The van der Waals surface area contributed by atoms with E-state index in [4.69, 9.17) is 14.2 Å². The average molecular weight is 1110 g/mol. The maximum atomic E-state index is 13.0.